The molecule has 4 aromatic rings. The fourth-order valence-corrected chi connectivity index (χ4v) is 5.95. The normalized spacial score (nSPS) is 17.5. The number of halogens is 2. The fourth-order valence-electron chi connectivity index (χ4n) is 5.45. The molecule has 0 aromatic heterocycles. The molecule has 2 aliphatic rings. The molecule has 1 spiro atoms. The fraction of sp³-hybridized carbons (Fsp3) is 0.100. The highest BCUT2D eigenvalue weighted by Crippen LogP contribution is 2.56. The number of carbonyl (C=O) groups excluding carboxylic acids is 2. The third-order valence-corrected chi connectivity index (χ3v) is 7.82. The predicted octanol–water partition coefficient (Wildman–Crippen LogP) is 7.24. The molecule has 192 valence electrons. The van der Waals surface area contributed by atoms with Crippen LogP contribution in [-0.4, -0.2) is 22.2 Å². The van der Waals surface area contributed by atoms with Gasteiger partial charge < -0.3 is 0 Å². The monoisotopic (exact) mass is 555 g/mol. The minimum atomic E-state index is -1.77. The summed E-state index contributed by atoms with van der Waals surface area (Å²) >= 11 is 12.8. The van der Waals surface area contributed by atoms with Crippen molar-refractivity contribution < 1.29 is 14.5 Å². The first kappa shape index (κ1) is 25.0. The Labute approximate surface area is 233 Å². The van der Waals surface area contributed by atoms with Crippen molar-refractivity contribution in [2.24, 2.45) is 10.5 Å². The minimum Gasteiger partial charge on any atom is -0.292 e. The molecule has 6 rings (SSSR count). The summed E-state index contributed by atoms with van der Waals surface area (Å²) in [4.78, 5) is 39.8. The van der Waals surface area contributed by atoms with Crippen LogP contribution < -0.4 is 5.01 Å². The van der Waals surface area contributed by atoms with Crippen molar-refractivity contribution in [2.75, 3.05) is 5.01 Å². The van der Waals surface area contributed by atoms with Crippen LogP contribution in [0.4, 0.5) is 11.4 Å². The Hall–Kier alpha value is -4.33. The van der Waals surface area contributed by atoms with Crippen LogP contribution in [-0.2, 0) is 0 Å². The van der Waals surface area contributed by atoms with Gasteiger partial charge in [-0.2, -0.15) is 5.10 Å². The molecule has 0 fully saturated rings. The number of nitrogens with zero attached hydrogens (tertiary/aromatic N) is 3. The number of nitro benzene ring substituents is 1. The van der Waals surface area contributed by atoms with E-state index in [9.17, 15) is 19.7 Å². The van der Waals surface area contributed by atoms with Crippen LogP contribution in [0.15, 0.2) is 96.1 Å². The van der Waals surface area contributed by atoms with Crippen LogP contribution in [0.5, 0.6) is 0 Å². The number of rotatable bonds is 4. The number of hydrogen-bond donors (Lipinski definition) is 0. The predicted molar refractivity (Wildman–Crippen MR) is 150 cm³/mol. The smallest absolute Gasteiger partial charge is 0.269 e. The van der Waals surface area contributed by atoms with E-state index in [1.54, 1.807) is 59.6 Å². The van der Waals surface area contributed by atoms with E-state index in [0.29, 0.717) is 33.0 Å². The standard InChI is InChI=1S/C30H19Cl2N3O4/c1-17-6-8-18(9-7-17)27-30(28(36)22-4-2-3-5-23(22)29(30)37)26(24-15-10-19(31)16-25(24)32)33-34(27)20-11-13-21(14-12-20)35(38)39/h2-16,27H,1H3/t27-/m0/s1. The van der Waals surface area contributed by atoms with Gasteiger partial charge in [-0.05, 0) is 36.8 Å². The maximum atomic E-state index is 14.5. The SMILES string of the molecule is Cc1ccc([C@@H]2N(c3ccc([N+](=O)[O-])cc3)N=C(c3ccc(Cl)cc3Cl)C23C(=O)c2ccccc2C3=O)cc1. The molecule has 0 unspecified atom stereocenters. The molecule has 0 saturated carbocycles. The Bertz CT molecular complexity index is 1680. The highest BCUT2D eigenvalue weighted by atomic mass is 35.5. The van der Waals surface area contributed by atoms with Crippen molar-refractivity contribution >= 4 is 51.9 Å². The Morgan fingerprint density at radius 1 is 0.846 bits per heavy atom. The molecule has 0 N–H and O–H groups in total. The van der Waals surface area contributed by atoms with Gasteiger partial charge in [-0.15, -0.1) is 0 Å². The number of Topliss-reactive ketones (excluding diaryl/α,β-unsaturated/α-hetero) is 2. The van der Waals surface area contributed by atoms with Crippen molar-refractivity contribution in [3.05, 3.63) is 139 Å². The number of benzene rings is 4. The quantitative estimate of drug-likeness (QED) is 0.150. The van der Waals surface area contributed by atoms with E-state index in [4.69, 9.17) is 28.3 Å². The third kappa shape index (κ3) is 3.69. The molecule has 0 radical (unpaired) electrons. The number of aryl methyl sites for hydroxylation is 1. The number of ketones is 2. The molecule has 9 heteroatoms. The Morgan fingerprint density at radius 2 is 1.46 bits per heavy atom. The molecule has 39 heavy (non-hydrogen) atoms. The lowest BCUT2D eigenvalue weighted by molar-refractivity contribution is -0.384. The van der Waals surface area contributed by atoms with Gasteiger partial charge in [0.05, 0.1) is 21.3 Å². The van der Waals surface area contributed by atoms with Gasteiger partial charge in [0.2, 0.25) is 0 Å². The Morgan fingerprint density at radius 3 is 2.03 bits per heavy atom. The van der Waals surface area contributed by atoms with Gasteiger partial charge in [0.25, 0.3) is 5.69 Å². The third-order valence-electron chi connectivity index (χ3n) is 7.27. The molecular weight excluding hydrogens is 537 g/mol. The van der Waals surface area contributed by atoms with Gasteiger partial charge in [-0.1, -0.05) is 83.4 Å². The molecule has 1 heterocycles. The number of hydrogen-bond acceptors (Lipinski definition) is 6. The van der Waals surface area contributed by atoms with Gasteiger partial charge in [0, 0.05) is 33.8 Å². The van der Waals surface area contributed by atoms with E-state index >= 15 is 0 Å². The Kier molecular flexibility index (Phi) is 5.86. The van der Waals surface area contributed by atoms with Gasteiger partial charge >= 0.3 is 0 Å². The summed E-state index contributed by atoms with van der Waals surface area (Å²) in [5, 5.41) is 18.5. The van der Waals surface area contributed by atoms with E-state index in [-0.39, 0.29) is 28.0 Å². The second-order valence-corrected chi connectivity index (χ2v) is 10.4. The average Bonchev–Trinajstić information content (AvgIpc) is 3.39. The van der Waals surface area contributed by atoms with Crippen molar-refractivity contribution in [1.82, 2.24) is 0 Å². The van der Waals surface area contributed by atoms with Crippen LogP contribution in [0.1, 0.15) is 43.4 Å². The molecule has 0 saturated heterocycles. The lowest BCUT2D eigenvalue weighted by Gasteiger charge is -2.34. The van der Waals surface area contributed by atoms with Crippen molar-refractivity contribution in [3.63, 3.8) is 0 Å². The summed E-state index contributed by atoms with van der Waals surface area (Å²) in [5.74, 6) is -0.772. The van der Waals surface area contributed by atoms with E-state index < -0.39 is 16.4 Å². The highest BCUT2D eigenvalue weighted by molar-refractivity contribution is 6.46. The zero-order valence-corrected chi connectivity index (χ0v) is 22.0. The van der Waals surface area contributed by atoms with E-state index in [1.165, 1.54) is 12.1 Å². The molecule has 1 aliphatic carbocycles. The Balaban J connectivity index is 1.67. The van der Waals surface area contributed by atoms with Crippen molar-refractivity contribution in [3.8, 4) is 0 Å². The number of hydrazone groups is 1. The van der Waals surface area contributed by atoms with Gasteiger partial charge in [0.15, 0.2) is 17.0 Å². The number of anilines is 1. The van der Waals surface area contributed by atoms with Crippen LogP contribution >= 0.6 is 23.2 Å². The molecule has 4 aromatic carbocycles. The number of fused-ring (bicyclic) bond motifs is 1. The van der Waals surface area contributed by atoms with Crippen molar-refractivity contribution in [2.45, 2.75) is 13.0 Å². The summed E-state index contributed by atoms with van der Waals surface area (Å²) in [6, 6.07) is 24.0. The van der Waals surface area contributed by atoms with E-state index in [2.05, 4.69) is 0 Å². The zero-order valence-electron chi connectivity index (χ0n) is 20.5. The molecule has 0 amide bonds. The first-order valence-corrected chi connectivity index (χ1v) is 12.8. The lowest BCUT2D eigenvalue weighted by atomic mass is 9.68. The maximum Gasteiger partial charge on any atom is 0.269 e. The summed E-state index contributed by atoms with van der Waals surface area (Å²) in [6.45, 7) is 1.94. The first-order chi connectivity index (χ1) is 18.7. The van der Waals surface area contributed by atoms with Gasteiger partial charge in [-0.3, -0.25) is 24.7 Å². The van der Waals surface area contributed by atoms with Crippen LogP contribution in [0.3, 0.4) is 0 Å². The van der Waals surface area contributed by atoms with Crippen LogP contribution in [0.2, 0.25) is 10.0 Å². The number of non-ortho nitro benzene ring substituents is 1. The summed E-state index contributed by atoms with van der Waals surface area (Å²) in [7, 11) is 0. The van der Waals surface area contributed by atoms with Crippen molar-refractivity contribution in [1.29, 1.82) is 0 Å². The van der Waals surface area contributed by atoms with Gasteiger partial charge in [0.1, 0.15) is 6.04 Å². The summed E-state index contributed by atoms with van der Waals surface area (Å²) < 4.78 is 0. The second-order valence-electron chi connectivity index (χ2n) is 9.52. The molecule has 7 nitrogen and oxygen atoms in total. The largest absolute Gasteiger partial charge is 0.292 e. The molecule has 1 atom stereocenters. The van der Waals surface area contributed by atoms with E-state index in [1.807, 2.05) is 31.2 Å². The van der Waals surface area contributed by atoms with Gasteiger partial charge in [-0.25, -0.2) is 0 Å². The summed E-state index contributed by atoms with van der Waals surface area (Å²) in [5.41, 5.74) is 1.51. The molecule has 0 bridgehead atoms. The highest BCUT2D eigenvalue weighted by Gasteiger charge is 2.66. The first-order valence-electron chi connectivity index (χ1n) is 12.1. The lowest BCUT2D eigenvalue weighted by Crippen LogP contribution is -2.47. The molecule has 1 aliphatic heterocycles. The topological polar surface area (TPSA) is 92.9 Å². The van der Waals surface area contributed by atoms with E-state index in [0.717, 1.165) is 5.56 Å². The van der Waals surface area contributed by atoms with Crippen LogP contribution in [0, 0.1) is 22.5 Å². The second kappa shape index (κ2) is 9.15. The van der Waals surface area contributed by atoms with Crippen LogP contribution in [0.25, 0.3) is 0 Å². The number of carbonyl (C=O) groups is 2. The summed E-state index contributed by atoms with van der Waals surface area (Å²) in [6.07, 6.45) is 0. The molecular formula is C30H19Cl2N3O4. The average molecular weight is 556 g/mol. The number of nitro groups is 1. The maximum absolute atomic E-state index is 14.5. The minimum absolute atomic E-state index is 0.0927. The zero-order chi connectivity index (χ0) is 27.5.